The van der Waals surface area contributed by atoms with E-state index in [-0.39, 0.29) is 16.7 Å². The van der Waals surface area contributed by atoms with Crippen molar-refractivity contribution in [2.75, 3.05) is 6.61 Å². The van der Waals surface area contributed by atoms with Gasteiger partial charge in [0.25, 0.3) is 0 Å². The van der Waals surface area contributed by atoms with E-state index in [1.807, 2.05) is 13.8 Å². The van der Waals surface area contributed by atoms with E-state index in [0.29, 0.717) is 30.1 Å². The zero-order valence-corrected chi connectivity index (χ0v) is 18.4. The van der Waals surface area contributed by atoms with Gasteiger partial charge in [-0.2, -0.15) is 0 Å². The Morgan fingerprint density at radius 1 is 1.17 bits per heavy atom. The molecule has 4 aliphatic carbocycles. The molecule has 4 rings (SSSR count). The predicted octanol–water partition coefficient (Wildman–Crippen LogP) is 4.15. The molecule has 3 N–H and O–H groups in total. The maximum absolute atomic E-state index is 12.6. The molecule has 162 valence electrons. The maximum atomic E-state index is 12.6. The molecular weight excluding hydrogens is 366 g/mol. The molecule has 0 aromatic heterocycles. The Morgan fingerprint density at radius 3 is 2.62 bits per heavy atom. The van der Waals surface area contributed by atoms with Gasteiger partial charge in [0.1, 0.15) is 12.4 Å². The van der Waals surface area contributed by atoms with Crippen molar-refractivity contribution in [3.8, 4) is 0 Å². The van der Waals surface area contributed by atoms with E-state index in [9.17, 15) is 10.0 Å². The highest BCUT2D eigenvalue weighted by molar-refractivity contribution is 5.96. The Morgan fingerprint density at radius 2 is 1.93 bits per heavy atom. The molecule has 6 heteroatoms. The second-order valence-electron chi connectivity index (χ2n) is 11.3. The third-order valence-electron chi connectivity index (χ3n) is 8.79. The number of Topliss-reactive ketones (excluding diaryl/α,β-unsaturated/α-hetero) is 1. The molecule has 6 atom stereocenters. The van der Waals surface area contributed by atoms with Crippen LogP contribution in [0.1, 0.15) is 79.1 Å². The topological polar surface area (TPSA) is 97.3 Å². The van der Waals surface area contributed by atoms with Crippen molar-refractivity contribution < 1.29 is 14.8 Å². The van der Waals surface area contributed by atoms with Crippen LogP contribution in [0.5, 0.6) is 0 Å². The van der Waals surface area contributed by atoms with Crippen LogP contribution in [0, 0.1) is 34.5 Å². The number of ketones is 1. The average Bonchev–Trinajstić information content (AvgIpc) is 2.95. The fourth-order valence-electron chi connectivity index (χ4n) is 7.13. The largest absolute Gasteiger partial charge is 0.411 e. The Labute approximate surface area is 174 Å². The molecular formula is C23H37N3O3. The molecule has 0 aromatic rings. The first-order chi connectivity index (χ1) is 13.6. The molecule has 0 aromatic carbocycles. The zero-order valence-electron chi connectivity index (χ0n) is 18.4. The lowest BCUT2D eigenvalue weighted by atomic mass is 9.45. The molecule has 4 saturated carbocycles. The Hall–Kier alpha value is -1.43. The van der Waals surface area contributed by atoms with E-state index >= 15 is 0 Å². The van der Waals surface area contributed by atoms with E-state index in [2.05, 4.69) is 24.2 Å². The first-order valence-corrected chi connectivity index (χ1v) is 11.3. The summed E-state index contributed by atoms with van der Waals surface area (Å²) in [5, 5.41) is 18.1. The lowest BCUT2D eigenvalue weighted by Gasteiger charge is -2.59. The van der Waals surface area contributed by atoms with E-state index < -0.39 is 5.54 Å². The van der Waals surface area contributed by atoms with Gasteiger partial charge in [0.2, 0.25) is 0 Å². The first-order valence-electron chi connectivity index (χ1n) is 11.3. The summed E-state index contributed by atoms with van der Waals surface area (Å²) in [6.45, 7) is 8.81. The van der Waals surface area contributed by atoms with Crippen LogP contribution < -0.4 is 5.73 Å². The zero-order chi connectivity index (χ0) is 21.0. The average molecular weight is 404 g/mol. The standard InChI is InChI=1S/C23H37N3O3/c1-21(2,24)13-29-26-14-7-9-22(3)17-8-10-23(4)16(5-6-20(23)27)15(17)12-19(25-28)18(22)11-14/h15-18,28H,5-13,24H2,1-4H3/b25-19+,26-14-/t15-,16-,17-,18?,22+,23-/m0/s1. The number of nitrogens with two attached hydrogens (primary N) is 1. The van der Waals surface area contributed by atoms with Crippen molar-refractivity contribution in [2.24, 2.45) is 50.5 Å². The van der Waals surface area contributed by atoms with Crippen molar-refractivity contribution >= 4 is 17.2 Å². The van der Waals surface area contributed by atoms with E-state index in [1.165, 1.54) is 0 Å². The summed E-state index contributed by atoms with van der Waals surface area (Å²) in [4.78, 5) is 18.1. The highest BCUT2D eigenvalue weighted by atomic mass is 16.6. The lowest BCUT2D eigenvalue weighted by Crippen LogP contribution is -2.56. The number of oxime groups is 2. The van der Waals surface area contributed by atoms with Crippen LogP contribution in [0.25, 0.3) is 0 Å². The van der Waals surface area contributed by atoms with Crippen molar-refractivity contribution in [3.05, 3.63) is 0 Å². The van der Waals surface area contributed by atoms with Crippen LogP contribution in [0.4, 0.5) is 0 Å². The summed E-state index contributed by atoms with van der Waals surface area (Å²) in [5.74, 6) is 2.15. The van der Waals surface area contributed by atoms with Crippen LogP contribution in [-0.4, -0.2) is 34.6 Å². The number of rotatable bonds is 3. The van der Waals surface area contributed by atoms with Gasteiger partial charge in [0.15, 0.2) is 0 Å². The smallest absolute Gasteiger partial charge is 0.139 e. The molecule has 29 heavy (non-hydrogen) atoms. The van der Waals surface area contributed by atoms with Gasteiger partial charge in [-0.15, -0.1) is 0 Å². The Bertz CT molecular complexity index is 740. The minimum absolute atomic E-state index is 0.101. The third-order valence-corrected chi connectivity index (χ3v) is 8.79. The highest BCUT2D eigenvalue weighted by Gasteiger charge is 2.61. The summed E-state index contributed by atoms with van der Waals surface area (Å²) in [7, 11) is 0. The predicted molar refractivity (Wildman–Crippen MR) is 113 cm³/mol. The monoisotopic (exact) mass is 403 g/mol. The Balaban J connectivity index is 1.56. The van der Waals surface area contributed by atoms with Crippen LogP contribution in [-0.2, 0) is 9.63 Å². The molecule has 4 fully saturated rings. The van der Waals surface area contributed by atoms with Crippen molar-refractivity contribution in [1.82, 2.24) is 0 Å². The summed E-state index contributed by atoms with van der Waals surface area (Å²) < 4.78 is 0. The molecule has 0 spiro atoms. The number of nitrogens with zero attached hydrogens (tertiary/aromatic N) is 2. The van der Waals surface area contributed by atoms with Gasteiger partial charge in [-0.1, -0.05) is 24.2 Å². The van der Waals surface area contributed by atoms with Crippen molar-refractivity contribution in [1.29, 1.82) is 0 Å². The van der Waals surface area contributed by atoms with Gasteiger partial charge >= 0.3 is 0 Å². The molecule has 0 heterocycles. The quantitative estimate of drug-likeness (QED) is 0.546. The van der Waals surface area contributed by atoms with Gasteiger partial charge in [0.05, 0.1) is 11.4 Å². The number of carbonyl (C=O) groups is 1. The first kappa shape index (κ1) is 20.8. The van der Waals surface area contributed by atoms with Gasteiger partial charge in [-0.25, -0.2) is 0 Å². The van der Waals surface area contributed by atoms with Crippen LogP contribution in [0.15, 0.2) is 10.3 Å². The van der Waals surface area contributed by atoms with Crippen LogP contribution in [0.2, 0.25) is 0 Å². The normalized spacial score (nSPS) is 45.1. The fourth-order valence-corrected chi connectivity index (χ4v) is 7.13. The van der Waals surface area contributed by atoms with E-state index in [4.69, 9.17) is 10.6 Å². The molecule has 0 radical (unpaired) electrons. The summed E-state index contributed by atoms with van der Waals surface area (Å²) in [5.41, 5.74) is 7.48. The summed E-state index contributed by atoms with van der Waals surface area (Å²) in [6, 6.07) is 0. The lowest BCUT2D eigenvalue weighted by molar-refractivity contribution is -0.133. The summed E-state index contributed by atoms with van der Waals surface area (Å²) >= 11 is 0. The van der Waals surface area contributed by atoms with Crippen molar-refractivity contribution in [2.45, 2.75) is 84.6 Å². The second-order valence-corrected chi connectivity index (χ2v) is 11.3. The minimum atomic E-state index is -0.406. The third kappa shape index (κ3) is 3.41. The van der Waals surface area contributed by atoms with E-state index in [1.54, 1.807) is 0 Å². The second kappa shape index (κ2) is 7.07. The number of hydrogen-bond donors (Lipinski definition) is 2. The Kier molecular flexibility index (Phi) is 5.08. The minimum Gasteiger partial charge on any atom is -0.411 e. The van der Waals surface area contributed by atoms with Gasteiger partial charge in [0, 0.05) is 23.3 Å². The highest BCUT2D eigenvalue weighted by Crippen LogP contribution is 2.64. The number of carbonyl (C=O) groups excluding carboxylic acids is 1. The van der Waals surface area contributed by atoms with Crippen molar-refractivity contribution in [3.63, 3.8) is 0 Å². The van der Waals surface area contributed by atoms with Crippen LogP contribution in [0.3, 0.4) is 0 Å². The SMILES string of the molecule is CC(C)(N)CO/N=C1/CC[C@@]2(C)C(C1)/C(=N/O)C[C@@H]1[C@@H]2CC[C@]2(C)C(=O)CC[C@@H]12. The molecule has 0 bridgehead atoms. The maximum Gasteiger partial charge on any atom is 0.139 e. The van der Waals surface area contributed by atoms with Crippen LogP contribution >= 0.6 is 0 Å². The number of hydrogen-bond acceptors (Lipinski definition) is 6. The van der Waals surface area contributed by atoms with Gasteiger partial charge in [-0.3, -0.25) is 4.79 Å². The molecule has 6 nitrogen and oxygen atoms in total. The van der Waals surface area contributed by atoms with Gasteiger partial charge < -0.3 is 15.8 Å². The van der Waals surface area contributed by atoms with Gasteiger partial charge in [-0.05, 0) is 82.0 Å². The molecule has 4 aliphatic rings. The molecule has 0 amide bonds. The molecule has 0 aliphatic heterocycles. The fraction of sp³-hybridized carbons (Fsp3) is 0.870. The molecule has 1 unspecified atom stereocenters. The number of fused-ring (bicyclic) bond motifs is 5. The summed E-state index contributed by atoms with van der Waals surface area (Å²) in [6.07, 6.45) is 7.42. The van der Waals surface area contributed by atoms with E-state index in [0.717, 1.165) is 62.8 Å². The molecule has 0 saturated heterocycles.